The van der Waals surface area contributed by atoms with Gasteiger partial charge in [-0.15, -0.1) is 0 Å². The van der Waals surface area contributed by atoms with Gasteiger partial charge in [-0.2, -0.15) is 0 Å². The van der Waals surface area contributed by atoms with E-state index in [9.17, 15) is 14.7 Å². The van der Waals surface area contributed by atoms with Crippen LogP contribution < -0.4 is 15.7 Å². The van der Waals surface area contributed by atoms with E-state index in [2.05, 4.69) is 55.1 Å². The van der Waals surface area contributed by atoms with Crippen molar-refractivity contribution in [3.05, 3.63) is 72.8 Å². The van der Waals surface area contributed by atoms with Gasteiger partial charge >= 0.3 is 12.1 Å². The van der Waals surface area contributed by atoms with Gasteiger partial charge in [-0.3, -0.25) is 4.79 Å². The van der Waals surface area contributed by atoms with Gasteiger partial charge in [-0.1, -0.05) is 101 Å². The standard InChI is InChI=1S/C31H45NO6Si/c1-23(16-15-21-27(33)36-8)28(34)26(32-29(35)38-30(2,3)4)22-37-39(31(5,6)7,24-17-11-9-12-18-24)25-19-13-10-14-20-25/h9-20,23,26,28,34H,21-22H2,1-8H3,(H,32,35)/b16-15+/t23-,26+,28-/m1/s1. The van der Waals surface area contributed by atoms with Crippen molar-refractivity contribution in [1.29, 1.82) is 0 Å². The van der Waals surface area contributed by atoms with Gasteiger partial charge in [0, 0.05) is 5.92 Å². The number of methoxy groups -OCH3 is 1. The van der Waals surface area contributed by atoms with E-state index < -0.39 is 38.1 Å². The second-order valence-electron chi connectivity index (χ2n) is 11.8. The van der Waals surface area contributed by atoms with Crippen molar-refractivity contribution in [3.8, 4) is 0 Å². The summed E-state index contributed by atoms with van der Waals surface area (Å²) in [5, 5.41) is 16.2. The SMILES string of the molecule is COC(=O)C/C=C/[C@@H](C)[C@@H](O)[C@H](CO[Si](c1ccccc1)(c1ccccc1)C(C)(C)C)NC(=O)OC(C)(C)C. The number of hydrogen-bond acceptors (Lipinski definition) is 6. The highest BCUT2D eigenvalue weighted by Gasteiger charge is 2.50. The largest absolute Gasteiger partial charge is 0.469 e. The number of rotatable bonds is 11. The van der Waals surface area contributed by atoms with Crippen LogP contribution in [0.4, 0.5) is 4.79 Å². The number of alkyl carbamates (subject to hydrolysis) is 1. The van der Waals surface area contributed by atoms with E-state index in [4.69, 9.17) is 9.16 Å². The van der Waals surface area contributed by atoms with Gasteiger partial charge in [0.25, 0.3) is 8.32 Å². The molecule has 1 amide bonds. The van der Waals surface area contributed by atoms with Crippen molar-refractivity contribution in [2.45, 2.75) is 77.7 Å². The predicted octanol–water partition coefficient (Wildman–Crippen LogP) is 4.57. The molecule has 0 aromatic heterocycles. The minimum Gasteiger partial charge on any atom is -0.469 e. The van der Waals surface area contributed by atoms with Gasteiger partial charge in [-0.05, 0) is 36.2 Å². The molecule has 2 N–H and O–H groups in total. The van der Waals surface area contributed by atoms with Crippen LogP contribution in [0.2, 0.25) is 5.04 Å². The maximum atomic E-state index is 12.8. The zero-order valence-corrected chi connectivity index (χ0v) is 25.6. The topological polar surface area (TPSA) is 94.1 Å². The number of esters is 1. The summed E-state index contributed by atoms with van der Waals surface area (Å²) in [6.07, 6.45) is 1.85. The Kier molecular flexibility index (Phi) is 11.5. The molecule has 0 unspecified atom stereocenters. The van der Waals surface area contributed by atoms with Gasteiger partial charge in [0.2, 0.25) is 0 Å². The fourth-order valence-corrected chi connectivity index (χ4v) is 9.19. The van der Waals surface area contributed by atoms with Crippen molar-refractivity contribution < 1.29 is 28.6 Å². The molecular formula is C31H45NO6Si. The Labute approximate surface area is 234 Å². The Morgan fingerprint density at radius 2 is 1.46 bits per heavy atom. The second-order valence-corrected chi connectivity index (χ2v) is 16.1. The fourth-order valence-electron chi connectivity index (χ4n) is 4.60. The van der Waals surface area contributed by atoms with Gasteiger partial charge in [0.1, 0.15) is 5.60 Å². The highest BCUT2D eigenvalue weighted by Crippen LogP contribution is 2.37. The number of carbonyl (C=O) groups is 2. The summed E-state index contributed by atoms with van der Waals surface area (Å²) in [6.45, 7) is 13.8. The van der Waals surface area contributed by atoms with Crippen molar-refractivity contribution >= 4 is 30.8 Å². The third-order valence-electron chi connectivity index (χ3n) is 6.50. The minimum atomic E-state index is -2.92. The van der Waals surface area contributed by atoms with Gasteiger partial charge in [-0.25, -0.2) is 4.79 Å². The smallest absolute Gasteiger partial charge is 0.408 e. The van der Waals surface area contributed by atoms with Gasteiger partial charge in [0.15, 0.2) is 0 Å². The van der Waals surface area contributed by atoms with Crippen LogP contribution in [-0.4, -0.2) is 57.0 Å². The summed E-state index contributed by atoms with van der Waals surface area (Å²) in [7, 11) is -1.59. The fraction of sp³-hybridized carbons (Fsp3) is 0.484. The molecule has 0 bridgehead atoms. The number of ether oxygens (including phenoxy) is 2. The van der Waals surface area contributed by atoms with Crippen LogP contribution in [0.1, 0.15) is 54.9 Å². The molecule has 0 heterocycles. The van der Waals surface area contributed by atoms with Crippen LogP contribution in [0.3, 0.4) is 0 Å². The molecule has 0 radical (unpaired) electrons. The van der Waals surface area contributed by atoms with E-state index >= 15 is 0 Å². The maximum absolute atomic E-state index is 12.8. The first-order chi connectivity index (χ1) is 18.2. The van der Waals surface area contributed by atoms with E-state index in [1.807, 2.05) is 43.3 Å². The van der Waals surface area contributed by atoms with Crippen LogP contribution in [0.5, 0.6) is 0 Å². The molecule has 0 aliphatic carbocycles. The molecule has 0 saturated carbocycles. The monoisotopic (exact) mass is 555 g/mol. The molecule has 7 nitrogen and oxygen atoms in total. The molecular weight excluding hydrogens is 510 g/mol. The van der Waals surface area contributed by atoms with E-state index in [0.29, 0.717) is 0 Å². The number of nitrogens with one attached hydrogen (secondary N) is 1. The molecule has 2 aromatic rings. The Hall–Kier alpha value is -2.94. The summed E-state index contributed by atoms with van der Waals surface area (Å²) in [4.78, 5) is 24.4. The summed E-state index contributed by atoms with van der Waals surface area (Å²) >= 11 is 0. The maximum Gasteiger partial charge on any atom is 0.408 e. The third kappa shape index (κ3) is 9.05. The summed E-state index contributed by atoms with van der Waals surface area (Å²) < 4.78 is 17.2. The Morgan fingerprint density at radius 3 is 1.90 bits per heavy atom. The predicted molar refractivity (Wildman–Crippen MR) is 158 cm³/mol. The lowest BCUT2D eigenvalue weighted by atomic mass is 9.97. The lowest BCUT2D eigenvalue weighted by molar-refractivity contribution is -0.139. The Balaban J connectivity index is 2.47. The number of hydrogen-bond donors (Lipinski definition) is 2. The van der Waals surface area contributed by atoms with E-state index in [1.54, 1.807) is 32.9 Å². The van der Waals surface area contributed by atoms with Crippen molar-refractivity contribution in [3.63, 3.8) is 0 Å². The average molecular weight is 556 g/mol. The zero-order chi connectivity index (χ0) is 29.3. The Bertz CT molecular complexity index is 1040. The molecule has 0 saturated heterocycles. The summed E-state index contributed by atoms with van der Waals surface area (Å²) in [5.41, 5.74) is -0.704. The van der Waals surface area contributed by atoms with Crippen molar-refractivity contribution in [2.75, 3.05) is 13.7 Å². The molecule has 0 fully saturated rings. The molecule has 39 heavy (non-hydrogen) atoms. The van der Waals surface area contributed by atoms with Crippen LogP contribution in [-0.2, 0) is 18.7 Å². The van der Waals surface area contributed by atoms with E-state index in [1.165, 1.54) is 7.11 Å². The molecule has 0 aliphatic heterocycles. The Morgan fingerprint density at radius 1 is 0.949 bits per heavy atom. The van der Waals surface area contributed by atoms with Crippen molar-refractivity contribution in [1.82, 2.24) is 5.32 Å². The van der Waals surface area contributed by atoms with Gasteiger partial charge in [0.05, 0.1) is 32.3 Å². The number of aliphatic hydroxyl groups excluding tert-OH is 1. The summed E-state index contributed by atoms with van der Waals surface area (Å²) in [6, 6.07) is 19.6. The van der Waals surface area contributed by atoms with Gasteiger partial charge < -0.3 is 24.3 Å². The number of aliphatic hydroxyl groups is 1. The molecule has 8 heteroatoms. The molecule has 214 valence electrons. The average Bonchev–Trinajstić information content (AvgIpc) is 2.87. The van der Waals surface area contributed by atoms with Crippen LogP contribution in [0.25, 0.3) is 0 Å². The lowest BCUT2D eigenvalue weighted by Crippen LogP contribution is -2.68. The minimum absolute atomic E-state index is 0.0584. The quantitative estimate of drug-likeness (QED) is 0.240. The molecule has 2 aromatic carbocycles. The number of carbonyl (C=O) groups excluding carboxylic acids is 2. The lowest BCUT2D eigenvalue weighted by Gasteiger charge is -2.44. The second kappa shape index (κ2) is 13.9. The highest BCUT2D eigenvalue weighted by atomic mass is 28.4. The zero-order valence-electron chi connectivity index (χ0n) is 24.6. The van der Waals surface area contributed by atoms with Crippen molar-refractivity contribution in [2.24, 2.45) is 5.92 Å². The van der Waals surface area contributed by atoms with Crippen LogP contribution in [0.15, 0.2) is 72.8 Å². The van der Waals surface area contributed by atoms with Crippen LogP contribution >= 0.6 is 0 Å². The molecule has 0 aliphatic rings. The van der Waals surface area contributed by atoms with E-state index in [-0.39, 0.29) is 24.0 Å². The molecule has 0 spiro atoms. The molecule has 3 atom stereocenters. The summed E-state index contributed by atoms with van der Waals surface area (Å²) in [5.74, 6) is -0.760. The van der Waals surface area contributed by atoms with Crippen LogP contribution in [0, 0.1) is 5.92 Å². The van der Waals surface area contributed by atoms with E-state index in [0.717, 1.165) is 10.4 Å². The number of benzene rings is 2. The third-order valence-corrected chi connectivity index (χ3v) is 11.5. The normalized spacial score (nSPS) is 14.9. The highest BCUT2D eigenvalue weighted by molar-refractivity contribution is 6.99. The number of amides is 1. The first-order valence-electron chi connectivity index (χ1n) is 13.4. The first kappa shape index (κ1) is 32.3. The molecule has 2 rings (SSSR count). The first-order valence-corrected chi connectivity index (χ1v) is 15.3.